The molecule has 158 valence electrons. The molecule has 0 amide bonds. The zero-order valence-electron chi connectivity index (χ0n) is 18.7. The van der Waals surface area contributed by atoms with Crippen molar-refractivity contribution >= 4 is 11.4 Å². The second-order valence-electron chi connectivity index (χ2n) is 9.31. The number of piperidine rings is 1. The van der Waals surface area contributed by atoms with Gasteiger partial charge >= 0.3 is 0 Å². The van der Waals surface area contributed by atoms with E-state index in [2.05, 4.69) is 79.7 Å². The van der Waals surface area contributed by atoms with E-state index < -0.39 is 0 Å². The molecule has 2 fully saturated rings. The zero-order chi connectivity index (χ0) is 21.1. The second-order valence-corrected chi connectivity index (χ2v) is 9.31. The van der Waals surface area contributed by atoms with Gasteiger partial charge in [-0.05, 0) is 68.7 Å². The van der Waals surface area contributed by atoms with E-state index in [0.29, 0.717) is 6.04 Å². The molecule has 0 bridgehead atoms. The van der Waals surface area contributed by atoms with E-state index in [4.69, 9.17) is 0 Å². The predicted octanol–water partition coefficient (Wildman–Crippen LogP) is 7.10. The summed E-state index contributed by atoms with van der Waals surface area (Å²) in [5.41, 5.74) is 8.49. The summed E-state index contributed by atoms with van der Waals surface area (Å²) >= 11 is 0. The van der Waals surface area contributed by atoms with E-state index in [9.17, 15) is 0 Å². The van der Waals surface area contributed by atoms with E-state index in [1.807, 2.05) is 0 Å². The van der Waals surface area contributed by atoms with Gasteiger partial charge in [0.25, 0.3) is 0 Å². The normalized spacial score (nSPS) is 21.1. The van der Waals surface area contributed by atoms with Gasteiger partial charge in [-0.25, -0.2) is 0 Å². The van der Waals surface area contributed by atoms with Gasteiger partial charge in [0.15, 0.2) is 0 Å². The number of benzene rings is 2. The Morgan fingerprint density at radius 3 is 2.47 bits per heavy atom. The van der Waals surface area contributed by atoms with E-state index in [0.717, 1.165) is 30.3 Å². The van der Waals surface area contributed by atoms with E-state index in [-0.39, 0.29) is 0 Å². The fourth-order valence-corrected chi connectivity index (χ4v) is 5.38. The fraction of sp³-hybridized carbons (Fsp3) is 0.429. The van der Waals surface area contributed by atoms with E-state index >= 15 is 0 Å². The topological polar surface area (TPSA) is 15.3 Å². The maximum absolute atomic E-state index is 4.54. The summed E-state index contributed by atoms with van der Waals surface area (Å²) in [6, 6.07) is 16.0. The monoisotopic (exact) mass is 400 g/mol. The molecule has 2 atom stereocenters. The Bertz CT molecular complexity index is 907. The van der Waals surface area contributed by atoms with E-state index in [1.54, 1.807) is 0 Å². The number of likely N-dealkylation sites (tertiary alicyclic amines) is 1. The molecule has 2 aliphatic rings. The SMILES string of the molecule is C=C(Cc1ccc(C)cc1)Nc1ccc(C(=C)N2CCCC3CCCCC32)c(C)c1. The van der Waals surface area contributed by atoms with Gasteiger partial charge in [0.05, 0.1) is 0 Å². The van der Waals surface area contributed by atoms with Crippen molar-refractivity contribution in [1.82, 2.24) is 4.90 Å². The maximum Gasteiger partial charge on any atom is 0.0384 e. The molecule has 1 heterocycles. The molecule has 2 nitrogen and oxygen atoms in total. The van der Waals surface area contributed by atoms with Gasteiger partial charge in [-0.1, -0.05) is 61.9 Å². The summed E-state index contributed by atoms with van der Waals surface area (Å²) < 4.78 is 0. The highest BCUT2D eigenvalue weighted by Gasteiger charge is 2.34. The molecule has 0 aromatic heterocycles. The molecule has 0 spiro atoms. The molecular weight excluding hydrogens is 364 g/mol. The third-order valence-corrected chi connectivity index (χ3v) is 6.99. The van der Waals surface area contributed by atoms with Crippen molar-refractivity contribution in [3.05, 3.63) is 83.6 Å². The average Bonchev–Trinajstić information content (AvgIpc) is 2.74. The second kappa shape index (κ2) is 9.12. The van der Waals surface area contributed by atoms with Gasteiger partial charge in [0, 0.05) is 41.7 Å². The van der Waals surface area contributed by atoms with Crippen molar-refractivity contribution in [2.75, 3.05) is 11.9 Å². The highest BCUT2D eigenvalue weighted by molar-refractivity contribution is 5.68. The number of allylic oxidation sites excluding steroid dienone is 1. The molecule has 1 saturated heterocycles. The summed E-state index contributed by atoms with van der Waals surface area (Å²) in [6.45, 7) is 14.3. The molecule has 2 aromatic rings. The Balaban J connectivity index is 1.43. The predicted molar refractivity (Wildman–Crippen MR) is 130 cm³/mol. The van der Waals surface area contributed by atoms with Crippen LogP contribution in [0.5, 0.6) is 0 Å². The molecule has 1 N–H and O–H groups in total. The van der Waals surface area contributed by atoms with Gasteiger partial charge < -0.3 is 10.2 Å². The average molecular weight is 401 g/mol. The number of nitrogens with zero attached hydrogens (tertiary/aromatic N) is 1. The van der Waals surface area contributed by atoms with Crippen molar-refractivity contribution in [2.24, 2.45) is 5.92 Å². The van der Waals surface area contributed by atoms with Crippen LogP contribution < -0.4 is 5.32 Å². The first-order chi connectivity index (χ1) is 14.5. The van der Waals surface area contributed by atoms with Crippen LogP contribution >= 0.6 is 0 Å². The standard InChI is InChI=1S/C28H36N2/c1-20-11-13-24(14-12-20)19-22(3)29-26-15-16-27(21(2)18-26)23(4)30-17-7-9-25-8-5-6-10-28(25)30/h11-16,18,25,28-29H,3-10,17,19H2,1-2H3. The highest BCUT2D eigenvalue weighted by atomic mass is 15.2. The van der Waals surface area contributed by atoms with Gasteiger partial charge in [-0.3, -0.25) is 0 Å². The first-order valence-electron chi connectivity index (χ1n) is 11.6. The smallest absolute Gasteiger partial charge is 0.0384 e. The lowest BCUT2D eigenvalue weighted by molar-refractivity contribution is 0.111. The summed E-state index contributed by atoms with van der Waals surface area (Å²) in [4.78, 5) is 2.62. The Kier molecular flexibility index (Phi) is 6.32. The van der Waals surface area contributed by atoms with Crippen molar-refractivity contribution < 1.29 is 0 Å². The summed E-state index contributed by atoms with van der Waals surface area (Å²) in [5, 5.41) is 3.50. The Hall–Kier alpha value is -2.48. The number of nitrogens with one attached hydrogen (secondary N) is 1. The summed E-state index contributed by atoms with van der Waals surface area (Å²) in [6.07, 6.45) is 9.06. The van der Waals surface area contributed by atoms with Crippen LogP contribution in [0.2, 0.25) is 0 Å². The van der Waals surface area contributed by atoms with Crippen LogP contribution in [0, 0.1) is 19.8 Å². The lowest BCUT2D eigenvalue weighted by Crippen LogP contribution is -2.45. The molecule has 1 aliphatic carbocycles. The molecule has 0 radical (unpaired) electrons. The number of hydrogen-bond acceptors (Lipinski definition) is 2. The third kappa shape index (κ3) is 4.64. The lowest BCUT2D eigenvalue weighted by Gasteiger charge is -2.46. The van der Waals surface area contributed by atoms with Crippen LogP contribution in [0.25, 0.3) is 5.70 Å². The zero-order valence-corrected chi connectivity index (χ0v) is 18.7. The molecule has 1 saturated carbocycles. The number of hydrogen-bond donors (Lipinski definition) is 1. The maximum atomic E-state index is 4.54. The Morgan fingerprint density at radius 1 is 0.967 bits per heavy atom. The van der Waals surface area contributed by atoms with Crippen LogP contribution in [0.4, 0.5) is 5.69 Å². The number of aryl methyl sites for hydroxylation is 2. The van der Waals surface area contributed by atoms with Crippen LogP contribution in [0.3, 0.4) is 0 Å². The van der Waals surface area contributed by atoms with Crippen molar-refractivity contribution in [2.45, 2.75) is 64.8 Å². The molecule has 2 unspecified atom stereocenters. The summed E-state index contributed by atoms with van der Waals surface area (Å²) in [5.74, 6) is 0.871. The van der Waals surface area contributed by atoms with Crippen LogP contribution in [0.1, 0.15) is 60.8 Å². The van der Waals surface area contributed by atoms with Crippen molar-refractivity contribution in [3.63, 3.8) is 0 Å². The van der Waals surface area contributed by atoms with Crippen LogP contribution in [-0.4, -0.2) is 17.5 Å². The quantitative estimate of drug-likeness (QED) is 0.556. The first-order valence-corrected chi connectivity index (χ1v) is 11.6. The molecule has 2 aromatic carbocycles. The third-order valence-electron chi connectivity index (χ3n) is 6.99. The van der Waals surface area contributed by atoms with Gasteiger partial charge in [0.1, 0.15) is 0 Å². The van der Waals surface area contributed by atoms with Crippen LogP contribution in [0.15, 0.2) is 61.3 Å². The van der Waals surface area contributed by atoms with Crippen molar-refractivity contribution in [1.29, 1.82) is 0 Å². The molecule has 4 rings (SSSR count). The minimum Gasteiger partial charge on any atom is -0.368 e. The largest absolute Gasteiger partial charge is 0.368 e. The van der Waals surface area contributed by atoms with Crippen molar-refractivity contribution in [3.8, 4) is 0 Å². The fourth-order valence-electron chi connectivity index (χ4n) is 5.38. The highest BCUT2D eigenvalue weighted by Crippen LogP contribution is 2.39. The summed E-state index contributed by atoms with van der Waals surface area (Å²) in [7, 11) is 0. The van der Waals surface area contributed by atoms with Gasteiger partial charge in [-0.2, -0.15) is 0 Å². The lowest BCUT2D eigenvalue weighted by atomic mass is 9.78. The first kappa shape index (κ1) is 20.8. The van der Waals surface area contributed by atoms with E-state index in [1.165, 1.54) is 66.5 Å². The number of anilines is 1. The molecular formula is C28H36N2. The molecule has 1 aliphatic heterocycles. The Labute approximate surface area is 182 Å². The minimum atomic E-state index is 0.700. The minimum absolute atomic E-state index is 0.700. The van der Waals surface area contributed by atoms with Crippen LogP contribution in [-0.2, 0) is 6.42 Å². The van der Waals surface area contributed by atoms with Gasteiger partial charge in [-0.15, -0.1) is 0 Å². The molecule has 2 heteroatoms. The number of fused-ring (bicyclic) bond motifs is 1. The van der Waals surface area contributed by atoms with Gasteiger partial charge in [0.2, 0.25) is 0 Å². The number of rotatable bonds is 6. The Morgan fingerprint density at radius 2 is 1.70 bits per heavy atom. The molecule has 30 heavy (non-hydrogen) atoms.